The zero-order chi connectivity index (χ0) is 24.3. The first-order valence-electron chi connectivity index (χ1n) is 10.6. The SMILES string of the molecule is COc1ccccc1NC(=O)CN(c1ccc(C(C)C)cc1)S(=O)(=O)c1c(C)nn(C)c1C. The van der Waals surface area contributed by atoms with Gasteiger partial charge in [-0.25, -0.2) is 8.42 Å². The molecule has 8 nitrogen and oxygen atoms in total. The molecule has 0 aliphatic carbocycles. The summed E-state index contributed by atoms with van der Waals surface area (Å²) in [7, 11) is -0.875. The summed E-state index contributed by atoms with van der Waals surface area (Å²) >= 11 is 0. The summed E-state index contributed by atoms with van der Waals surface area (Å²) in [6, 6.07) is 14.2. The van der Waals surface area contributed by atoms with Crippen LogP contribution < -0.4 is 14.4 Å². The molecular formula is C24H30N4O4S. The number of benzene rings is 2. The van der Waals surface area contributed by atoms with Gasteiger partial charge < -0.3 is 10.1 Å². The molecule has 0 spiro atoms. The Kier molecular flexibility index (Phi) is 7.12. The minimum atomic E-state index is -4.07. The van der Waals surface area contributed by atoms with Crippen molar-refractivity contribution >= 4 is 27.3 Å². The molecule has 1 N–H and O–H groups in total. The van der Waals surface area contributed by atoms with Gasteiger partial charge in [-0.15, -0.1) is 0 Å². The molecule has 0 aliphatic heterocycles. The molecule has 0 aliphatic rings. The van der Waals surface area contributed by atoms with E-state index in [0.717, 1.165) is 9.87 Å². The summed E-state index contributed by atoms with van der Waals surface area (Å²) < 4.78 is 35.5. The predicted octanol–water partition coefficient (Wildman–Crippen LogP) is 4.00. The van der Waals surface area contributed by atoms with Crippen LogP contribution in [0.15, 0.2) is 53.4 Å². The molecule has 3 aromatic rings. The number of rotatable bonds is 8. The van der Waals surface area contributed by atoms with Crippen LogP contribution >= 0.6 is 0 Å². The maximum Gasteiger partial charge on any atom is 0.268 e. The lowest BCUT2D eigenvalue weighted by atomic mass is 10.0. The Balaban J connectivity index is 2.02. The molecular weight excluding hydrogens is 440 g/mol. The van der Waals surface area contributed by atoms with E-state index < -0.39 is 22.5 Å². The fraction of sp³-hybridized carbons (Fsp3) is 0.333. The highest BCUT2D eigenvalue weighted by molar-refractivity contribution is 7.93. The minimum Gasteiger partial charge on any atom is -0.495 e. The Morgan fingerprint density at radius 3 is 2.30 bits per heavy atom. The number of hydrogen-bond donors (Lipinski definition) is 1. The van der Waals surface area contributed by atoms with E-state index in [1.807, 2.05) is 12.1 Å². The Labute approximate surface area is 195 Å². The summed E-state index contributed by atoms with van der Waals surface area (Å²) in [5.41, 5.74) is 2.82. The molecule has 0 saturated carbocycles. The number of nitrogens with zero attached hydrogens (tertiary/aromatic N) is 3. The molecule has 3 rings (SSSR count). The lowest BCUT2D eigenvalue weighted by Gasteiger charge is -2.25. The molecule has 0 bridgehead atoms. The second-order valence-electron chi connectivity index (χ2n) is 8.13. The molecule has 9 heteroatoms. The number of para-hydroxylation sites is 2. The molecule has 0 saturated heterocycles. The fourth-order valence-electron chi connectivity index (χ4n) is 3.65. The molecule has 0 unspecified atom stereocenters. The highest BCUT2D eigenvalue weighted by Gasteiger charge is 2.32. The fourth-order valence-corrected chi connectivity index (χ4v) is 5.47. The third kappa shape index (κ3) is 5.03. The van der Waals surface area contributed by atoms with E-state index in [9.17, 15) is 13.2 Å². The Morgan fingerprint density at radius 2 is 1.76 bits per heavy atom. The van der Waals surface area contributed by atoms with Gasteiger partial charge in [-0.3, -0.25) is 13.8 Å². The van der Waals surface area contributed by atoms with Crippen molar-refractivity contribution in [3.63, 3.8) is 0 Å². The van der Waals surface area contributed by atoms with Crippen molar-refractivity contribution in [2.75, 3.05) is 23.3 Å². The number of aromatic nitrogens is 2. The van der Waals surface area contributed by atoms with Crippen molar-refractivity contribution in [3.05, 3.63) is 65.5 Å². The number of anilines is 2. The topological polar surface area (TPSA) is 93.5 Å². The van der Waals surface area contributed by atoms with Crippen molar-refractivity contribution in [2.24, 2.45) is 7.05 Å². The van der Waals surface area contributed by atoms with Gasteiger partial charge in [-0.05, 0) is 49.6 Å². The average molecular weight is 471 g/mol. The van der Waals surface area contributed by atoms with Crippen LogP contribution in [-0.4, -0.2) is 37.8 Å². The van der Waals surface area contributed by atoms with Crippen LogP contribution in [0.3, 0.4) is 0 Å². The van der Waals surface area contributed by atoms with Crippen molar-refractivity contribution in [1.82, 2.24) is 9.78 Å². The third-order valence-electron chi connectivity index (χ3n) is 5.51. The first kappa shape index (κ1) is 24.3. The van der Waals surface area contributed by atoms with E-state index in [4.69, 9.17) is 4.74 Å². The van der Waals surface area contributed by atoms with Gasteiger partial charge in [-0.1, -0.05) is 38.1 Å². The second-order valence-corrected chi connectivity index (χ2v) is 9.93. The molecule has 0 atom stereocenters. The van der Waals surface area contributed by atoms with Gasteiger partial charge in [0, 0.05) is 7.05 Å². The van der Waals surface area contributed by atoms with Gasteiger partial charge in [-0.2, -0.15) is 5.10 Å². The van der Waals surface area contributed by atoms with Crippen molar-refractivity contribution in [2.45, 2.75) is 38.5 Å². The van der Waals surface area contributed by atoms with E-state index in [0.29, 0.717) is 34.4 Å². The Morgan fingerprint density at radius 1 is 1.12 bits per heavy atom. The maximum absolute atomic E-state index is 13.8. The highest BCUT2D eigenvalue weighted by atomic mass is 32.2. The van der Waals surface area contributed by atoms with Crippen LogP contribution in [-0.2, 0) is 21.9 Å². The van der Waals surface area contributed by atoms with Gasteiger partial charge in [0.15, 0.2) is 0 Å². The zero-order valence-electron chi connectivity index (χ0n) is 19.8. The number of carbonyl (C=O) groups excluding carboxylic acids is 1. The van der Waals surface area contributed by atoms with Crippen LogP contribution in [0, 0.1) is 13.8 Å². The number of hydrogen-bond acceptors (Lipinski definition) is 5. The van der Waals surface area contributed by atoms with Gasteiger partial charge >= 0.3 is 0 Å². The lowest BCUT2D eigenvalue weighted by Crippen LogP contribution is -2.38. The van der Waals surface area contributed by atoms with Crippen molar-refractivity contribution in [1.29, 1.82) is 0 Å². The van der Waals surface area contributed by atoms with E-state index in [1.165, 1.54) is 11.8 Å². The summed E-state index contributed by atoms with van der Waals surface area (Å²) in [4.78, 5) is 13.1. The van der Waals surface area contributed by atoms with Crippen molar-refractivity contribution in [3.8, 4) is 5.75 Å². The van der Waals surface area contributed by atoms with Crippen LogP contribution in [0.4, 0.5) is 11.4 Å². The number of methoxy groups -OCH3 is 1. The molecule has 0 fully saturated rings. The highest BCUT2D eigenvalue weighted by Crippen LogP contribution is 2.29. The number of aryl methyl sites for hydroxylation is 2. The van der Waals surface area contributed by atoms with Crippen molar-refractivity contribution < 1.29 is 17.9 Å². The Bertz CT molecular complexity index is 1250. The zero-order valence-corrected chi connectivity index (χ0v) is 20.6. The second kappa shape index (κ2) is 9.66. The smallest absolute Gasteiger partial charge is 0.268 e. The Hall–Kier alpha value is -3.33. The van der Waals surface area contributed by atoms with Gasteiger partial charge in [0.25, 0.3) is 10.0 Å². The number of amides is 1. The molecule has 0 radical (unpaired) electrons. The molecule has 1 heterocycles. The van der Waals surface area contributed by atoms with Crippen LogP contribution in [0.1, 0.15) is 36.7 Å². The van der Waals surface area contributed by atoms with E-state index >= 15 is 0 Å². The van der Waals surface area contributed by atoms with Gasteiger partial charge in [0.05, 0.1) is 29.9 Å². The molecule has 176 valence electrons. The largest absolute Gasteiger partial charge is 0.495 e. The van der Waals surface area contributed by atoms with Crippen LogP contribution in [0.25, 0.3) is 0 Å². The van der Waals surface area contributed by atoms with Crippen LogP contribution in [0.2, 0.25) is 0 Å². The number of carbonyl (C=O) groups is 1. The van der Waals surface area contributed by atoms with Gasteiger partial charge in [0.2, 0.25) is 5.91 Å². The molecule has 1 aromatic heterocycles. The average Bonchev–Trinajstić information content (AvgIpc) is 3.04. The maximum atomic E-state index is 13.8. The van der Waals surface area contributed by atoms with Crippen LogP contribution in [0.5, 0.6) is 5.75 Å². The van der Waals surface area contributed by atoms with E-state index in [1.54, 1.807) is 57.3 Å². The predicted molar refractivity (Wildman–Crippen MR) is 129 cm³/mol. The normalized spacial score (nSPS) is 11.5. The first-order valence-corrected chi connectivity index (χ1v) is 12.1. The molecule has 2 aromatic carbocycles. The third-order valence-corrected chi connectivity index (χ3v) is 7.53. The van der Waals surface area contributed by atoms with Gasteiger partial charge in [0.1, 0.15) is 17.2 Å². The summed E-state index contributed by atoms with van der Waals surface area (Å²) in [5, 5.41) is 7.01. The summed E-state index contributed by atoms with van der Waals surface area (Å²) in [6.07, 6.45) is 0. The monoisotopic (exact) mass is 470 g/mol. The number of ether oxygens (including phenoxy) is 1. The quantitative estimate of drug-likeness (QED) is 0.537. The molecule has 1 amide bonds. The number of sulfonamides is 1. The minimum absolute atomic E-state index is 0.100. The molecule has 33 heavy (non-hydrogen) atoms. The summed E-state index contributed by atoms with van der Waals surface area (Å²) in [5.74, 6) is 0.288. The number of nitrogens with one attached hydrogen (secondary N) is 1. The lowest BCUT2D eigenvalue weighted by molar-refractivity contribution is -0.114. The van der Waals surface area contributed by atoms with E-state index in [-0.39, 0.29) is 4.90 Å². The standard InChI is InChI=1S/C24H30N4O4S/c1-16(2)19-11-13-20(14-12-19)28(33(30,31)24-17(3)26-27(5)18(24)4)15-23(29)25-21-9-7-8-10-22(21)32-6/h7-14,16H,15H2,1-6H3,(H,25,29). The van der Waals surface area contributed by atoms with E-state index in [2.05, 4.69) is 24.3 Å². The first-order chi connectivity index (χ1) is 15.6. The summed E-state index contributed by atoms with van der Waals surface area (Å²) in [6.45, 7) is 7.06.